The number of rotatable bonds is 7. The van der Waals surface area contributed by atoms with Gasteiger partial charge in [-0.1, -0.05) is 6.92 Å². The lowest BCUT2D eigenvalue weighted by Gasteiger charge is -2.17. The fourth-order valence-electron chi connectivity index (χ4n) is 3.39. The maximum atomic E-state index is 4.76. The molecule has 24 heavy (non-hydrogen) atoms. The van der Waals surface area contributed by atoms with Gasteiger partial charge in [0, 0.05) is 37.9 Å². The molecule has 0 amide bonds. The first kappa shape index (κ1) is 18.8. The largest absolute Gasteiger partial charge is 0.357 e. The van der Waals surface area contributed by atoms with E-state index in [1.165, 1.54) is 43.7 Å². The van der Waals surface area contributed by atoms with E-state index in [1.807, 2.05) is 11.7 Å². The molecule has 0 spiro atoms. The maximum Gasteiger partial charge on any atom is 0.191 e. The van der Waals surface area contributed by atoms with Crippen LogP contribution in [0, 0.1) is 19.8 Å². The highest BCUT2D eigenvalue weighted by molar-refractivity contribution is 5.79. The first-order valence-corrected chi connectivity index (χ1v) is 9.28. The van der Waals surface area contributed by atoms with E-state index in [2.05, 4.69) is 48.3 Å². The molecule has 1 unspecified atom stereocenters. The zero-order valence-corrected chi connectivity index (χ0v) is 16.0. The molecule has 1 aliphatic heterocycles. The van der Waals surface area contributed by atoms with Gasteiger partial charge in [-0.2, -0.15) is 5.10 Å². The minimum Gasteiger partial charge on any atom is -0.357 e. The van der Waals surface area contributed by atoms with Crippen LogP contribution < -0.4 is 10.6 Å². The second kappa shape index (κ2) is 9.06. The SMILES string of the molecule is CCCN1CCC(CNC(=NCc2c(C)nn(C)c2C)NCC)C1. The third kappa shape index (κ3) is 4.97. The zero-order valence-electron chi connectivity index (χ0n) is 16.0. The number of hydrogen-bond donors (Lipinski definition) is 2. The second-order valence-corrected chi connectivity index (χ2v) is 6.80. The van der Waals surface area contributed by atoms with Gasteiger partial charge in [-0.15, -0.1) is 0 Å². The van der Waals surface area contributed by atoms with E-state index in [0.717, 1.165) is 30.7 Å². The van der Waals surface area contributed by atoms with Gasteiger partial charge < -0.3 is 15.5 Å². The van der Waals surface area contributed by atoms with Crippen LogP contribution in [0.5, 0.6) is 0 Å². The van der Waals surface area contributed by atoms with Crippen molar-refractivity contribution in [3.63, 3.8) is 0 Å². The van der Waals surface area contributed by atoms with E-state index in [0.29, 0.717) is 6.54 Å². The number of nitrogens with zero attached hydrogens (tertiary/aromatic N) is 4. The molecule has 0 aliphatic carbocycles. The molecule has 1 saturated heterocycles. The van der Waals surface area contributed by atoms with E-state index in [-0.39, 0.29) is 0 Å². The molecule has 1 fully saturated rings. The van der Waals surface area contributed by atoms with Crippen LogP contribution in [0.2, 0.25) is 0 Å². The highest BCUT2D eigenvalue weighted by Crippen LogP contribution is 2.15. The Kier molecular flexibility index (Phi) is 7.09. The first-order chi connectivity index (χ1) is 11.5. The average Bonchev–Trinajstić information content (AvgIpc) is 3.09. The highest BCUT2D eigenvalue weighted by atomic mass is 15.3. The van der Waals surface area contributed by atoms with Gasteiger partial charge in [-0.3, -0.25) is 4.68 Å². The number of aliphatic imine (C=N–C) groups is 1. The van der Waals surface area contributed by atoms with Crippen molar-refractivity contribution in [3.05, 3.63) is 17.0 Å². The summed E-state index contributed by atoms with van der Waals surface area (Å²) in [5.74, 6) is 1.64. The summed E-state index contributed by atoms with van der Waals surface area (Å²) in [6.07, 6.45) is 2.53. The highest BCUT2D eigenvalue weighted by Gasteiger charge is 2.21. The summed E-state index contributed by atoms with van der Waals surface area (Å²) >= 11 is 0. The number of hydrogen-bond acceptors (Lipinski definition) is 3. The van der Waals surface area contributed by atoms with Crippen LogP contribution in [0.15, 0.2) is 4.99 Å². The minimum absolute atomic E-state index is 0.674. The van der Waals surface area contributed by atoms with E-state index >= 15 is 0 Å². The van der Waals surface area contributed by atoms with Crippen LogP contribution in [0.3, 0.4) is 0 Å². The summed E-state index contributed by atoms with van der Waals surface area (Å²) in [5.41, 5.74) is 3.49. The van der Waals surface area contributed by atoms with Crippen LogP contribution in [-0.4, -0.2) is 53.4 Å². The zero-order chi connectivity index (χ0) is 17.5. The molecular weight excluding hydrogens is 300 g/mol. The molecule has 0 aromatic carbocycles. The summed E-state index contributed by atoms with van der Waals surface area (Å²) in [5, 5.41) is 11.4. The molecule has 0 bridgehead atoms. The number of aromatic nitrogens is 2. The monoisotopic (exact) mass is 334 g/mol. The molecule has 2 heterocycles. The molecule has 0 saturated carbocycles. The molecule has 0 radical (unpaired) electrons. The molecule has 2 N–H and O–H groups in total. The molecule has 1 atom stereocenters. The summed E-state index contributed by atoms with van der Waals surface area (Å²) in [6, 6.07) is 0. The van der Waals surface area contributed by atoms with Crippen LogP contribution in [0.4, 0.5) is 0 Å². The van der Waals surface area contributed by atoms with Gasteiger partial charge in [0.1, 0.15) is 0 Å². The number of guanidine groups is 1. The van der Waals surface area contributed by atoms with Crippen molar-refractivity contribution in [1.29, 1.82) is 0 Å². The van der Waals surface area contributed by atoms with E-state index in [1.54, 1.807) is 0 Å². The Labute approximate surface area is 146 Å². The molecule has 1 aliphatic rings. The molecule has 2 rings (SSSR count). The van der Waals surface area contributed by atoms with E-state index < -0.39 is 0 Å². The smallest absolute Gasteiger partial charge is 0.191 e. The van der Waals surface area contributed by atoms with Gasteiger partial charge in [0.2, 0.25) is 0 Å². The molecule has 136 valence electrons. The second-order valence-electron chi connectivity index (χ2n) is 6.80. The molecular formula is C18H34N6. The van der Waals surface area contributed by atoms with Crippen molar-refractivity contribution in [3.8, 4) is 0 Å². The number of nitrogens with one attached hydrogen (secondary N) is 2. The van der Waals surface area contributed by atoms with Crippen LogP contribution in [0.1, 0.15) is 43.6 Å². The minimum atomic E-state index is 0.674. The summed E-state index contributed by atoms with van der Waals surface area (Å²) in [4.78, 5) is 7.33. The fourth-order valence-corrected chi connectivity index (χ4v) is 3.39. The normalized spacial score (nSPS) is 19.0. The lowest BCUT2D eigenvalue weighted by Crippen LogP contribution is -2.40. The van der Waals surface area contributed by atoms with Crippen LogP contribution in [0.25, 0.3) is 0 Å². The Morgan fingerprint density at radius 1 is 1.29 bits per heavy atom. The van der Waals surface area contributed by atoms with Crippen molar-refractivity contribution in [2.45, 2.75) is 47.1 Å². The number of likely N-dealkylation sites (tertiary alicyclic amines) is 1. The Balaban J connectivity index is 1.89. The summed E-state index contributed by atoms with van der Waals surface area (Å²) in [6.45, 7) is 14.7. The Bertz CT molecular complexity index is 548. The number of aryl methyl sites for hydroxylation is 2. The topological polar surface area (TPSA) is 57.5 Å². The predicted octanol–water partition coefficient (Wildman–Crippen LogP) is 1.82. The summed E-state index contributed by atoms with van der Waals surface area (Å²) in [7, 11) is 1.99. The third-order valence-electron chi connectivity index (χ3n) is 4.87. The maximum absolute atomic E-state index is 4.76. The van der Waals surface area contributed by atoms with Crippen molar-refractivity contribution in [1.82, 2.24) is 25.3 Å². The average molecular weight is 335 g/mol. The van der Waals surface area contributed by atoms with Crippen LogP contribution in [-0.2, 0) is 13.6 Å². The molecule has 1 aromatic heterocycles. The Hall–Kier alpha value is -1.56. The molecule has 6 nitrogen and oxygen atoms in total. The first-order valence-electron chi connectivity index (χ1n) is 9.28. The third-order valence-corrected chi connectivity index (χ3v) is 4.87. The summed E-state index contributed by atoms with van der Waals surface area (Å²) < 4.78 is 1.93. The van der Waals surface area contributed by atoms with E-state index in [9.17, 15) is 0 Å². The van der Waals surface area contributed by atoms with Gasteiger partial charge in [-0.25, -0.2) is 4.99 Å². The molecule has 1 aromatic rings. The van der Waals surface area contributed by atoms with Gasteiger partial charge in [0.15, 0.2) is 5.96 Å². The van der Waals surface area contributed by atoms with Gasteiger partial charge in [-0.05, 0) is 52.6 Å². The van der Waals surface area contributed by atoms with Crippen molar-refractivity contribution in [2.75, 3.05) is 32.7 Å². The lowest BCUT2D eigenvalue weighted by molar-refractivity contribution is 0.324. The standard InChI is InChI=1S/C18H34N6/c1-6-9-24-10-8-16(13-24)11-20-18(19-7-2)21-12-17-14(3)22-23(5)15(17)4/h16H,6-13H2,1-5H3,(H2,19,20,21). The Morgan fingerprint density at radius 3 is 2.71 bits per heavy atom. The lowest BCUT2D eigenvalue weighted by atomic mass is 10.1. The van der Waals surface area contributed by atoms with Gasteiger partial charge in [0.05, 0.1) is 12.2 Å². The predicted molar refractivity (Wildman–Crippen MR) is 100 cm³/mol. The van der Waals surface area contributed by atoms with Gasteiger partial charge >= 0.3 is 0 Å². The van der Waals surface area contributed by atoms with Crippen molar-refractivity contribution >= 4 is 5.96 Å². The van der Waals surface area contributed by atoms with Crippen molar-refractivity contribution in [2.24, 2.45) is 18.0 Å². The quantitative estimate of drug-likeness (QED) is 0.590. The van der Waals surface area contributed by atoms with Crippen molar-refractivity contribution < 1.29 is 0 Å². The van der Waals surface area contributed by atoms with E-state index in [4.69, 9.17) is 4.99 Å². The van der Waals surface area contributed by atoms with Gasteiger partial charge in [0.25, 0.3) is 0 Å². The fraction of sp³-hybridized carbons (Fsp3) is 0.778. The molecule has 6 heteroatoms. The van der Waals surface area contributed by atoms with Crippen LogP contribution >= 0.6 is 0 Å². The Morgan fingerprint density at radius 2 is 2.08 bits per heavy atom.